The average molecular weight is 286 g/mol. The van der Waals surface area contributed by atoms with Crippen LogP contribution in [0.3, 0.4) is 0 Å². The molecule has 0 aromatic heterocycles. The molecule has 6 heteroatoms. The molecule has 0 aromatic carbocycles. The van der Waals surface area contributed by atoms with Crippen molar-refractivity contribution in [2.24, 2.45) is 10.8 Å². The second kappa shape index (κ2) is 4.15. The van der Waals surface area contributed by atoms with Gasteiger partial charge in [0.1, 0.15) is 6.61 Å². The summed E-state index contributed by atoms with van der Waals surface area (Å²) in [5, 5.41) is 19.8. The van der Waals surface area contributed by atoms with Gasteiger partial charge in [0.15, 0.2) is 5.79 Å². The molecule has 0 amide bonds. The van der Waals surface area contributed by atoms with E-state index in [9.17, 15) is 10.2 Å². The van der Waals surface area contributed by atoms with Crippen LogP contribution in [0.2, 0.25) is 0 Å². The first-order valence-electron chi connectivity index (χ1n) is 7.45. The predicted molar refractivity (Wildman–Crippen MR) is 66.5 cm³/mol. The van der Waals surface area contributed by atoms with Crippen molar-refractivity contribution < 1.29 is 29.2 Å². The third-order valence-corrected chi connectivity index (χ3v) is 5.85. The van der Waals surface area contributed by atoms with Crippen LogP contribution < -0.4 is 0 Å². The van der Waals surface area contributed by atoms with Gasteiger partial charge < -0.3 is 24.4 Å². The number of hydrogen-bond donors (Lipinski definition) is 2. The quantitative estimate of drug-likeness (QED) is 0.763. The Labute approximate surface area is 118 Å². The predicted octanol–water partition coefficient (Wildman–Crippen LogP) is 0.365. The summed E-state index contributed by atoms with van der Waals surface area (Å²) in [5.74, 6) is -1.98. The fraction of sp³-hybridized carbons (Fsp3) is 1.00. The lowest BCUT2D eigenvalue weighted by molar-refractivity contribution is -0.388. The standard InChI is InChI=1S/C14H22O6/c15-8-11-1-3-12(9-16,4-2-11)13(7-11)19-10-14(20-13)17-5-6-18-14/h15-16H,1-10H2. The van der Waals surface area contributed by atoms with Crippen molar-refractivity contribution in [3.8, 4) is 0 Å². The first-order valence-corrected chi connectivity index (χ1v) is 7.45. The number of aliphatic hydroxyl groups is 2. The van der Waals surface area contributed by atoms with Crippen molar-refractivity contribution in [2.75, 3.05) is 33.0 Å². The van der Waals surface area contributed by atoms with Crippen molar-refractivity contribution >= 4 is 0 Å². The van der Waals surface area contributed by atoms with Crippen LogP contribution in [-0.2, 0) is 18.9 Å². The molecule has 5 fully saturated rings. The molecule has 2 N–H and O–H groups in total. The lowest BCUT2D eigenvalue weighted by Crippen LogP contribution is -2.63. The van der Waals surface area contributed by atoms with E-state index in [2.05, 4.69) is 0 Å². The largest absolute Gasteiger partial charge is 0.396 e. The van der Waals surface area contributed by atoms with Gasteiger partial charge in [0.25, 0.3) is 0 Å². The second-order valence-electron chi connectivity index (χ2n) is 6.80. The van der Waals surface area contributed by atoms with E-state index in [1.54, 1.807) is 0 Å². The van der Waals surface area contributed by atoms with Gasteiger partial charge in [-0.1, -0.05) is 0 Å². The molecule has 2 bridgehead atoms. The topological polar surface area (TPSA) is 77.4 Å². The van der Waals surface area contributed by atoms with E-state index in [0.29, 0.717) is 19.6 Å². The van der Waals surface area contributed by atoms with Crippen molar-refractivity contribution in [2.45, 2.75) is 43.9 Å². The second-order valence-corrected chi connectivity index (χ2v) is 6.80. The van der Waals surface area contributed by atoms with Gasteiger partial charge in [-0.3, -0.25) is 4.74 Å². The summed E-state index contributed by atoms with van der Waals surface area (Å²) in [6, 6.07) is 0. The molecule has 114 valence electrons. The van der Waals surface area contributed by atoms with Crippen molar-refractivity contribution in [1.82, 2.24) is 0 Å². The molecule has 5 rings (SSSR count). The van der Waals surface area contributed by atoms with Crippen LogP contribution in [0.4, 0.5) is 0 Å². The molecule has 1 unspecified atom stereocenters. The van der Waals surface area contributed by atoms with E-state index < -0.39 is 17.2 Å². The van der Waals surface area contributed by atoms with Gasteiger partial charge in [-0.2, -0.15) is 0 Å². The highest BCUT2D eigenvalue weighted by Crippen LogP contribution is 2.65. The number of aliphatic hydroxyl groups excluding tert-OH is 2. The van der Waals surface area contributed by atoms with E-state index >= 15 is 0 Å². The molecule has 20 heavy (non-hydrogen) atoms. The van der Waals surface area contributed by atoms with Crippen molar-refractivity contribution in [1.29, 1.82) is 0 Å². The molecule has 2 heterocycles. The first-order chi connectivity index (χ1) is 9.61. The van der Waals surface area contributed by atoms with Crippen molar-refractivity contribution in [3.05, 3.63) is 0 Å². The molecule has 5 aliphatic rings. The van der Waals surface area contributed by atoms with Gasteiger partial charge in [0, 0.05) is 18.4 Å². The monoisotopic (exact) mass is 286 g/mol. The SMILES string of the molecule is OCC12CCC(CO)(CC1)C1(C2)OCC2(OCCO2)O1. The third-order valence-electron chi connectivity index (χ3n) is 5.85. The normalized spacial score (nSPS) is 49.5. The Morgan fingerprint density at radius 1 is 0.850 bits per heavy atom. The van der Waals surface area contributed by atoms with Gasteiger partial charge in [0.2, 0.25) is 0 Å². The van der Waals surface area contributed by atoms with Gasteiger partial charge in [-0.25, -0.2) is 0 Å². The van der Waals surface area contributed by atoms with Crippen molar-refractivity contribution in [3.63, 3.8) is 0 Å². The van der Waals surface area contributed by atoms with Crippen LogP contribution in [0.5, 0.6) is 0 Å². The molecular weight excluding hydrogens is 264 g/mol. The van der Waals surface area contributed by atoms with Gasteiger partial charge >= 0.3 is 5.97 Å². The van der Waals surface area contributed by atoms with Crippen LogP contribution in [0.15, 0.2) is 0 Å². The zero-order valence-electron chi connectivity index (χ0n) is 11.6. The minimum atomic E-state index is -1.10. The highest BCUT2D eigenvalue weighted by molar-refractivity contribution is 5.11. The summed E-state index contributed by atoms with van der Waals surface area (Å²) in [6.45, 7) is 1.39. The zero-order chi connectivity index (χ0) is 13.9. The Hall–Kier alpha value is -0.240. The minimum absolute atomic E-state index is 0.0323. The summed E-state index contributed by atoms with van der Waals surface area (Å²) in [6.07, 6.45) is 4.03. The maximum absolute atomic E-state index is 9.98. The Kier molecular flexibility index (Phi) is 2.79. The molecule has 3 saturated carbocycles. The Morgan fingerprint density at radius 3 is 2.15 bits per heavy atom. The van der Waals surface area contributed by atoms with Crippen LogP contribution in [-0.4, -0.2) is 55.0 Å². The van der Waals surface area contributed by atoms with Gasteiger partial charge in [0.05, 0.1) is 19.8 Å². The van der Waals surface area contributed by atoms with Crippen LogP contribution >= 0.6 is 0 Å². The van der Waals surface area contributed by atoms with E-state index in [1.807, 2.05) is 0 Å². The molecular formula is C14H22O6. The molecule has 1 atom stereocenters. The van der Waals surface area contributed by atoms with E-state index in [4.69, 9.17) is 18.9 Å². The lowest BCUT2D eigenvalue weighted by Gasteiger charge is -2.60. The number of rotatable bonds is 2. The highest BCUT2D eigenvalue weighted by atomic mass is 17.0. The molecule has 0 radical (unpaired) electrons. The van der Waals surface area contributed by atoms with Crippen LogP contribution in [0.25, 0.3) is 0 Å². The Bertz CT molecular complexity index is 396. The Morgan fingerprint density at radius 2 is 1.55 bits per heavy atom. The smallest absolute Gasteiger partial charge is 0.310 e. The maximum atomic E-state index is 9.98. The Balaban J connectivity index is 1.69. The molecule has 2 aliphatic heterocycles. The fourth-order valence-corrected chi connectivity index (χ4v) is 4.43. The first kappa shape index (κ1) is 13.4. The van der Waals surface area contributed by atoms with Crippen LogP contribution in [0.1, 0.15) is 32.1 Å². The van der Waals surface area contributed by atoms with E-state index in [0.717, 1.165) is 25.7 Å². The molecule has 6 nitrogen and oxygen atoms in total. The lowest BCUT2D eigenvalue weighted by atomic mass is 9.51. The van der Waals surface area contributed by atoms with Gasteiger partial charge in [-0.15, -0.1) is 0 Å². The molecule has 2 saturated heterocycles. The fourth-order valence-electron chi connectivity index (χ4n) is 4.43. The number of hydrogen-bond acceptors (Lipinski definition) is 6. The minimum Gasteiger partial charge on any atom is -0.396 e. The summed E-state index contributed by atoms with van der Waals surface area (Å²) in [5.41, 5.74) is -0.552. The third kappa shape index (κ3) is 1.55. The number of fused-ring (bicyclic) bond motifs is 2. The molecule has 0 aromatic rings. The number of ether oxygens (including phenoxy) is 4. The average Bonchev–Trinajstić information content (AvgIpc) is 3.09. The maximum Gasteiger partial charge on any atom is 0.310 e. The highest BCUT2D eigenvalue weighted by Gasteiger charge is 2.70. The summed E-state index contributed by atoms with van der Waals surface area (Å²) < 4.78 is 23.3. The molecule has 2 spiro atoms. The summed E-state index contributed by atoms with van der Waals surface area (Å²) in [4.78, 5) is 0. The molecule has 3 aliphatic carbocycles. The summed E-state index contributed by atoms with van der Waals surface area (Å²) >= 11 is 0. The van der Waals surface area contributed by atoms with Gasteiger partial charge in [-0.05, 0) is 31.1 Å². The van der Waals surface area contributed by atoms with E-state index in [1.165, 1.54) is 0 Å². The summed E-state index contributed by atoms with van der Waals surface area (Å²) in [7, 11) is 0. The zero-order valence-corrected chi connectivity index (χ0v) is 11.6. The van der Waals surface area contributed by atoms with Crippen LogP contribution in [0, 0.1) is 10.8 Å². The van der Waals surface area contributed by atoms with E-state index in [-0.39, 0.29) is 25.2 Å².